The Balaban J connectivity index is 2.23. The smallest absolute Gasteiger partial charge is 0.142 e. The van der Waals surface area contributed by atoms with Gasteiger partial charge in [-0.2, -0.15) is 0 Å². The van der Waals surface area contributed by atoms with Gasteiger partial charge in [-0.15, -0.1) is 0 Å². The van der Waals surface area contributed by atoms with Crippen LogP contribution in [0.15, 0.2) is 37.1 Å². The molecule has 2 aromatic heterocycles. The SMILES string of the molecule is CC(C)(C)NCc1cccnc1-n1ccnc1. The van der Waals surface area contributed by atoms with Crippen LogP contribution in [0.3, 0.4) is 0 Å². The lowest BCUT2D eigenvalue weighted by molar-refractivity contribution is 0.423. The van der Waals surface area contributed by atoms with Crippen LogP contribution >= 0.6 is 0 Å². The van der Waals surface area contributed by atoms with E-state index in [1.807, 2.05) is 16.8 Å². The fourth-order valence-corrected chi connectivity index (χ4v) is 1.55. The fraction of sp³-hybridized carbons (Fsp3) is 0.385. The van der Waals surface area contributed by atoms with Crippen molar-refractivity contribution in [2.24, 2.45) is 0 Å². The molecule has 4 heteroatoms. The Bertz CT molecular complexity index is 468. The van der Waals surface area contributed by atoms with Gasteiger partial charge in [0, 0.05) is 36.2 Å². The second-order valence-electron chi connectivity index (χ2n) is 5.06. The number of pyridine rings is 1. The first kappa shape index (κ1) is 11.8. The Kier molecular flexibility index (Phi) is 3.24. The minimum Gasteiger partial charge on any atom is -0.308 e. The number of rotatable bonds is 3. The van der Waals surface area contributed by atoms with Gasteiger partial charge in [0.2, 0.25) is 0 Å². The molecule has 0 aliphatic carbocycles. The van der Waals surface area contributed by atoms with E-state index in [0.717, 1.165) is 12.4 Å². The van der Waals surface area contributed by atoms with Gasteiger partial charge < -0.3 is 5.32 Å². The Morgan fingerprint density at radius 3 is 2.76 bits per heavy atom. The van der Waals surface area contributed by atoms with E-state index in [1.54, 1.807) is 18.7 Å². The molecule has 4 nitrogen and oxygen atoms in total. The van der Waals surface area contributed by atoms with Gasteiger partial charge in [0.05, 0.1) is 0 Å². The van der Waals surface area contributed by atoms with Crippen LogP contribution in [0.5, 0.6) is 0 Å². The van der Waals surface area contributed by atoms with E-state index in [9.17, 15) is 0 Å². The Morgan fingerprint density at radius 1 is 1.29 bits per heavy atom. The molecule has 0 saturated heterocycles. The van der Waals surface area contributed by atoms with E-state index >= 15 is 0 Å². The molecule has 0 aliphatic heterocycles. The second kappa shape index (κ2) is 4.67. The van der Waals surface area contributed by atoms with Crippen molar-refractivity contribution in [1.82, 2.24) is 19.9 Å². The Labute approximate surface area is 102 Å². The van der Waals surface area contributed by atoms with Crippen LogP contribution in [-0.4, -0.2) is 20.1 Å². The van der Waals surface area contributed by atoms with Gasteiger partial charge in [-0.05, 0) is 26.8 Å². The molecule has 0 spiro atoms. The minimum atomic E-state index is 0.0993. The third-order valence-corrected chi connectivity index (χ3v) is 2.43. The zero-order valence-electron chi connectivity index (χ0n) is 10.5. The standard InChI is InChI=1S/C13H18N4/c1-13(2,3)16-9-11-5-4-6-15-12(11)17-8-7-14-10-17/h4-8,10,16H,9H2,1-3H3. The van der Waals surface area contributed by atoms with Gasteiger partial charge in [0.15, 0.2) is 0 Å². The van der Waals surface area contributed by atoms with E-state index in [4.69, 9.17) is 0 Å². The van der Waals surface area contributed by atoms with Gasteiger partial charge in [-0.1, -0.05) is 6.07 Å². The van der Waals surface area contributed by atoms with Crippen LogP contribution in [0.25, 0.3) is 5.82 Å². The lowest BCUT2D eigenvalue weighted by Crippen LogP contribution is -2.35. The number of aromatic nitrogens is 3. The average molecular weight is 230 g/mol. The highest BCUT2D eigenvalue weighted by Gasteiger charge is 2.11. The van der Waals surface area contributed by atoms with Crippen molar-refractivity contribution in [1.29, 1.82) is 0 Å². The van der Waals surface area contributed by atoms with Crippen molar-refractivity contribution in [2.75, 3.05) is 0 Å². The summed E-state index contributed by atoms with van der Waals surface area (Å²) in [5, 5.41) is 3.47. The number of hydrogen-bond acceptors (Lipinski definition) is 3. The van der Waals surface area contributed by atoms with Crippen LogP contribution in [0.1, 0.15) is 26.3 Å². The molecule has 1 N–H and O–H groups in total. The highest BCUT2D eigenvalue weighted by Crippen LogP contribution is 2.12. The van der Waals surface area contributed by atoms with E-state index in [0.29, 0.717) is 0 Å². The summed E-state index contributed by atoms with van der Waals surface area (Å²) in [5.74, 6) is 0.932. The van der Waals surface area contributed by atoms with Crippen LogP contribution < -0.4 is 5.32 Å². The largest absolute Gasteiger partial charge is 0.308 e. The molecule has 2 rings (SSSR count). The Hall–Kier alpha value is -1.68. The maximum Gasteiger partial charge on any atom is 0.142 e. The van der Waals surface area contributed by atoms with Crippen molar-refractivity contribution in [3.05, 3.63) is 42.6 Å². The molecule has 0 amide bonds. The molecule has 0 aliphatic rings. The molecule has 0 atom stereocenters. The lowest BCUT2D eigenvalue weighted by Gasteiger charge is -2.21. The summed E-state index contributed by atoms with van der Waals surface area (Å²) in [5.41, 5.74) is 1.27. The van der Waals surface area contributed by atoms with E-state index < -0.39 is 0 Å². The number of nitrogens with zero attached hydrogens (tertiary/aromatic N) is 3. The molecule has 90 valence electrons. The zero-order valence-corrected chi connectivity index (χ0v) is 10.5. The van der Waals surface area contributed by atoms with Crippen molar-refractivity contribution in [2.45, 2.75) is 32.9 Å². The molecule has 0 radical (unpaired) electrons. The van der Waals surface area contributed by atoms with E-state index in [2.05, 4.69) is 42.1 Å². The molecular formula is C13H18N4. The van der Waals surface area contributed by atoms with Crippen LogP contribution in [0, 0.1) is 0 Å². The average Bonchev–Trinajstić information content (AvgIpc) is 2.79. The van der Waals surface area contributed by atoms with Crippen LogP contribution in [0.2, 0.25) is 0 Å². The van der Waals surface area contributed by atoms with Gasteiger partial charge in [0.1, 0.15) is 12.1 Å². The summed E-state index contributed by atoms with van der Waals surface area (Å²) in [7, 11) is 0. The molecule has 0 fully saturated rings. The summed E-state index contributed by atoms with van der Waals surface area (Å²) < 4.78 is 1.93. The quantitative estimate of drug-likeness (QED) is 0.878. The van der Waals surface area contributed by atoms with Gasteiger partial charge >= 0.3 is 0 Å². The highest BCUT2D eigenvalue weighted by molar-refractivity contribution is 5.33. The fourth-order valence-electron chi connectivity index (χ4n) is 1.55. The topological polar surface area (TPSA) is 42.7 Å². The maximum absolute atomic E-state index is 4.40. The minimum absolute atomic E-state index is 0.0993. The third-order valence-electron chi connectivity index (χ3n) is 2.43. The monoisotopic (exact) mass is 230 g/mol. The molecule has 0 saturated carbocycles. The molecule has 0 bridgehead atoms. The summed E-state index contributed by atoms with van der Waals surface area (Å²) in [6, 6.07) is 4.04. The third kappa shape index (κ3) is 3.14. The number of nitrogens with one attached hydrogen (secondary N) is 1. The van der Waals surface area contributed by atoms with Crippen molar-refractivity contribution in [3.63, 3.8) is 0 Å². The zero-order chi connectivity index (χ0) is 12.3. The molecule has 0 unspecified atom stereocenters. The van der Waals surface area contributed by atoms with Crippen LogP contribution in [-0.2, 0) is 6.54 Å². The van der Waals surface area contributed by atoms with E-state index in [1.165, 1.54) is 5.56 Å². The first-order valence-electron chi connectivity index (χ1n) is 5.73. The van der Waals surface area contributed by atoms with Crippen molar-refractivity contribution >= 4 is 0 Å². The summed E-state index contributed by atoms with van der Waals surface area (Å²) >= 11 is 0. The molecule has 17 heavy (non-hydrogen) atoms. The van der Waals surface area contributed by atoms with Gasteiger partial charge in [-0.3, -0.25) is 4.57 Å². The van der Waals surface area contributed by atoms with Crippen molar-refractivity contribution < 1.29 is 0 Å². The summed E-state index contributed by atoms with van der Waals surface area (Å²) in [6.07, 6.45) is 7.23. The predicted octanol–water partition coefficient (Wildman–Crippen LogP) is 2.16. The van der Waals surface area contributed by atoms with E-state index in [-0.39, 0.29) is 5.54 Å². The highest BCUT2D eigenvalue weighted by atomic mass is 15.1. The van der Waals surface area contributed by atoms with Crippen molar-refractivity contribution in [3.8, 4) is 5.82 Å². The summed E-state index contributed by atoms with van der Waals surface area (Å²) in [4.78, 5) is 8.46. The lowest BCUT2D eigenvalue weighted by atomic mass is 10.1. The Morgan fingerprint density at radius 2 is 2.12 bits per heavy atom. The van der Waals surface area contributed by atoms with Crippen LogP contribution in [0.4, 0.5) is 0 Å². The molecule has 2 aromatic rings. The second-order valence-corrected chi connectivity index (χ2v) is 5.06. The molecule has 0 aromatic carbocycles. The number of hydrogen-bond donors (Lipinski definition) is 1. The first-order valence-corrected chi connectivity index (χ1v) is 5.73. The summed E-state index contributed by atoms with van der Waals surface area (Å²) in [6.45, 7) is 7.26. The first-order chi connectivity index (χ1) is 8.06. The van der Waals surface area contributed by atoms with Gasteiger partial charge in [-0.25, -0.2) is 9.97 Å². The normalized spacial score (nSPS) is 11.7. The maximum atomic E-state index is 4.40. The van der Waals surface area contributed by atoms with Gasteiger partial charge in [0.25, 0.3) is 0 Å². The number of imidazole rings is 1. The molecule has 2 heterocycles. The molecular weight excluding hydrogens is 212 g/mol. The predicted molar refractivity (Wildman–Crippen MR) is 68.0 cm³/mol.